The Bertz CT molecular complexity index is 932. The third kappa shape index (κ3) is 5.19. The van der Waals surface area contributed by atoms with E-state index in [1.807, 2.05) is 41.1 Å². The number of fused-ring (bicyclic) bond motifs is 1. The van der Waals surface area contributed by atoms with E-state index in [0.717, 1.165) is 29.0 Å². The summed E-state index contributed by atoms with van der Waals surface area (Å²) in [5.74, 6) is 0.438. The molecule has 4 nitrogen and oxygen atoms in total. The van der Waals surface area contributed by atoms with Gasteiger partial charge in [-0.3, -0.25) is 4.79 Å². The molecule has 27 heavy (non-hydrogen) atoms. The molecule has 0 saturated heterocycles. The van der Waals surface area contributed by atoms with Crippen LogP contribution in [-0.2, 0) is 4.79 Å². The largest absolute Gasteiger partial charge is 0.326 e. The van der Waals surface area contributed by atoms with Crippen molar-refractivity contribution in [2.75, 3.05) is 5.32 Å². The predicted octanol–water partition coefficient (Wildman–Crippen LogP) is 5.71. The molecule has 0 saturated carbocycles. The van der Waals surface area contributed by atoms with Crippen LogP contribution in [0.5, 0.6) is 0 Å². The Morgan fingerprint density at radius 2 is 1.89 bits per heavy atom. The molecule has 0 radical (unpaired) electrons. The molecule has 1 N–H and O–H groups in total. The molecule has 3 rings (SSSR count). The zero-order valence-corrected chi connectivity index (χ0v) is 16.9. The molecule has 0 fully saturated rings. The predicted molar refractivity (Wildman–Crippen MR) is 112 cm³/mol. The Morgan fingerprint density at radius 1 is 1.19 bits per heavy atom. The second-order valence-corrected chi connectivity index (χ2v) is 8.80. The summed E-state index contributed by atoms with van der Waals surface area (Å²) in [6.07, 6.45) is 5.63. The number of carbonyl (C=O) groups is 1. The SMILES string of the molecule is Cc1ccn2cc(-c3ccc(NC(=O)CC(C)CC(C)(C)C)cc3)nc2c1. The fourth-order valence-electron chi connectivity index (χ4n) is 3.59. The second-order valence-electron chi connectivity index (χ2n) is 8.80. The molecule has 0 aliphatic rings. The first-order chi connectivity index (χ1) is 12.7. The van der Waals surface area contributed by atoms with Gasteiger partial charge in [0.15, 0.2) is 0 Å². The average molecular weight is 364 g/mol. The first-order valence-corrected chi connectivity index (χ1v) is 9.55. The number of imidazole rings is 1. The highest BCUT2D eigenvalue weighted by Gasteiger charge is 2.17. The number of carbonyl (C=O) groups excluding carboxylic acids is 1. The van der Waals surface area contributed by atoms with Gasteiger partial charge in [-0.05, 0) is 54.5 Å². The van der Waals surface area contributed by atoms with Gasteiger partial charge >= 0.3 is 0 Å². The normalized spacial score (nSPS) is 12.9. The van der Waals surface area contributed by atoms with Crippen molar-refractivity contribution in [1.29, 1.82) is 0 Å². The summed E-state index contributed by atoms with van der Waals surface area (Å²) in [4.78, 5) is 17.0. The molecular formula is C23H29N3O. The lowest BCUT2D eigenvalue weighted by molar-refractivity contribution is -0.117. The molecule has 2 aromatic heterocycles. The lowest BCUT2D eigenvalue weighted by Crippen LogP contribution is -2.18. The minimum absolute atomic E-state index is 0.0719. The van der Waals surface area contributed by atoms with Crippen LogP contribution in [0.15, 0.2) is 48.8 Å². The molecule has 142 valence electrons. The number of aromatic nitrogens is 2. The van der Waals surface area contributed by atoms with Gasteiger partial charge in [-0.15, -0.1) is 0 Å². The van der Waals surface area contributed by atoms with Crippen LogP contribution < -0.4 is 5.32 Å². The van der Waals surface area contributed by atoms with Crippen LogP contribution in [0.2, 0.25) is 0 Å². The highest BCUT2D eigenvalue weighted by molar-refractivity contribution is 5.91. The molecule has 0 spiro atoms. The van der Waals surface area contributed by atoms with Crippen molar-refractivity contribution in [2.24, 2.45) is 11.3 Å². The summed E-state index contributed by atoms with van der Waals surface area (Å²) >= 11 is 0. The summed E-state index contributed by atoms with van der Waals surface area (Å²) in [5.41, 5.74) is 5.17. The maximum Gasteiger partial charge on any atom is 0.224 e. The topological polar surface area (TPSA) is 46.4 Å². The number of aryl methyl sites for hydroxylation is 1. The molecule has 1 atom stereocenters. The molecule has 1 amide bonds. The molecule has 2 heterocycles. The first-order valence-electron chi connectivity index (χ1n) is 9.55. The van der Waals surface area contributed by atoms with Crippen molar-refractivity contribution < 1.29 is 4.79 Å². The number of amides is 1. The zero-order valence-electron chi connectivity index (χ0n) is 16.9. The summed E-state index contributed by atoms with van der Waals surface area (Å²) in [5, 5.41) is 3.01. The molecule has 0 aliphatic heterocycles. The number of pyridine rings is 1. The smallest absolute Gasteiger partial charge is 0.224 e. The van der Waals surface area contributed by atoms with E-state index in [1.54, 1.807) is 0 Å². The molecule has 1 aromatic carbocycles. The Labute approximate surface area is 161 Å². The van der Waals surface area contributed by atoms with Gasteiger partial charge in [0.05, 0.1) is 5.69 Å². The monoisotopic (exact) mass is 363 g/mol. The Hall–Kier alpha value is -2.62. The number of hydrogen-bond acceptors (Lipinski definition) is 2. The maximum absolute atomic E-state index is 12.3. The van der Waals surface area contributed by atoms with Crippen LogP contribution in [0.4, 0.5) is 5.69 Å². The van der Waals surface area contributed by atoms with Crippen molar-refractivity contribution in [3.8, 4) is 11.3 Å². The van der Waals surface area contributed by atoms with E-state index in [1.165, 1.54) is 5.56 Å². The van der Waals surface area contributed by atoms with E-state index in [-0.39, 0.29) is 11.3 Å². The van der Waals surface area contributed by atoms with Gasteiger partial charge in [-0.2, -0.15) is 0 Å². The first kappa shape index (κ1) is 19.2. The van der Waals surface area contributed by atoms with Gasteiger partial charge in [0.2, 0.25) is 5.91 Å². The number of anilines is 1. The minimum Gasteiger partial charge on any atom is -0.326 e. The lowest BCUT2D eigenvalue weighted by atomic mass is 9.84. The standard InChI is InChI=1S/C23H29N3O/c1-16-10-11-26-15-20(25-21(26)12-16)18-6-8-19(9-7-18)24-22(27)13-17(2)14-23(3,4)5/h6-12,15,17H,13-14H2,1-5H3,(H,24,27). The van der Waals surface area contributed by atoms with Crippen LogP contribution in [0.1, 0.15) is 46.1 Å². The van der Waals surface area contributed by atoms with Crippen LogP contribution in [-0.4, -0.2) is 15.3 Å². The number of benzene rings is 1. The van der Waals surface area contributed by atoms with Crippen molar-refractivity contribution in [3.05, 3.63) is 54.4 Å². The van der Waals surface area contributed by atoms with Crippen LogP contribution in [0.3, 0.4) is 0 Å². The van der Waals surface area contributed by atoms with Gasteiger partial charge < -0.3 is 9.72 Å². The number of rotatable bonds is 5. The van der Waals surface area contributed by atoms with Gasteiger partial charge in [0.1, 0.15) is 5.65 Å². The molecule has 0 aliphatic carbocycles. The van der Waals surface area contributed by atoms with Crippen LogP contribution >= 0.6 is 0 Å². The van der Waals surface area contributed by atoms with Gasteiger partial charge in [0, 0.05) is 30.1 Å². The van der Waals surface area contributed by atoms with Crippen LogP contribution in [0, 0.1) is 18.3 Å². The quantitative estimate of drug-likeness (QED) is 0.631. The molecule has 4 heteroatoms. The fourth-order valence-corrected chi connectivity index (χ4v) is 3.59. The zero-order chi connectivity index (χ0) is 19.6. The van der Waals surface area contributed by atoms with Crippen molar-refractivity contribution in [2.45, 2.75) is 47.5 Å². The van der Waals surface area contributed by atoms with Gasteiger partial charge in [-0.25, -0.2) is 4.98 Å². The lowest BCUT2D eigenvalue weighted by Gasteiger charge is -2.22. The molecule has 0 bridgehead atoms. The second kappa shape index (κ2) is 7.55. The number of nitrogens with zero attached hydrogens (tertiary/aromatic N) is 2. The van der Waals surface area contributed by atoms with E-state index in [9.17, 15) is 4.79 Å². The van der Waals surface area contributed by atoms with E-state index in [0.29, 0.717) is 12.3 Å². The third-order valence-corrected chi connectivity index (χ3v) is 4.57. The van der Waals surface area contributed by atoms with Gasteiger partial charge in [0.25, 0.3) is 0 Å². The van der Waals surface area contributed by atoms with Gasteiger partial charge in [-0.1, -0.05) is 39.8 Å². The van der Waals surface area contributed by atoms with E-state index in [4.69, 9.17) is 0 Å². The molecular weight excluding hydrogens is 334 g/mol. The van der Waals surface area contributed by atoms with Crippen molar-refractivity contribution >= 4 is 17.2 Å². The van der Waals surface area contributed by atoms with Crippen molar-refractivity contribution in [1.82, 2.24) is 9.38 Å². The summed E-state index contributed by atoms with van der Waals surface area (Å²) < 4.78 is 2.02. The van der Waals surface area contributed by atoms with E-state index >= 15 is 0 Å². The summed E-state index contributed by atoms with van der Waals surface area (Å²) in [6, 6.07) is 12.0. The van der Waals surface area contributed by atoms with Crippen molar-refractivity contribution in [3.63, 3.8) is 0 Å². The fraction of sp³-hybridized carbons (Fsp3) is 0.391. The highest BCUT2D eigenvalue weighted by Crippen LogP contribution is 2.26. The Morgan fingerprint density at radius 3 is 2.56 bits per heavy atom. The summed E-state index contributed by atoms with van der Waals surface area (Å²) in [7, 11) is 0. The van der Waals surface area contributed by atoms with E-state index in [2.05, 4.69) is 57.1 Å². The molecule has 1 unspecified atom stereocenters. The number of nitrogens with one attached hydrogen (secondary N) is 1. The van der Waals surface area contributed by atoms with Crippen LogP contribution in [0.25, 0.3) is 16.9 Å². The Balaban J connectivity index is 1.65. The Kier molecular flexibility index (Phi) is 5.36. The third-order valence-electron chi connectivity index (χ3n) is 4.57. The molecule has 3 aromatic rings. The van der Waals surface area contributed by atoms with E-state index < -0.39 is 0 Å². The minimum atomic E-state index is 0.0719. The summed E-state index contributed by atoms with van der Waals surface area (Å²) in [6.45, 7) is 10.8. The maximum atomic E-state index is 12.3. The average Bonchev–Trinajstić information content (AvgIpc) is 2.96. The highest BCUT2D eigenvalue weighted by atomic mass is 16.1. The number of hydrogen-bond donors (Lipinski definition) is 1.